The molecule has 0 aromatic heterocycles. The van der Waals surface area contributed by atoms with Gasteiger partial charge >= 0.3 is 0 Å². The Balaban J connectivity index is 2.63. The molecule has 1 fully saturated rings. The van der Waals surface area contributed by atoms with Crippen LogP contribution in [-0.4, -0.2) is 34.6 Å². The molecule has 14 heavy (non-hydrogen) atoms. The SMILES string of the molecule is C[C@@H](O)[C@H]1CCCCN1C(=O)CC#N. The number of aliphatic hydroxyl groups excluding tert-OH is 1. The van der Waals surface area contributed by atoms with Gasteiger partial charge < -0.3 is 10.0 Å². The van der Waals surface area contributed by atoms with Gasteiger partial charge in [-0.15, -0.1) is 0 Å². The number of carbonyl (C=O) groups excluding carboxylic acids is 1. The first-order valence-corrected chi connectivity index (χ1v) is 5.01. The van der Waals surface area contributed by atoms with E-state index in [0.717, 1.165) is 19.3 Å². The lowest BCUT2D eigenvalue weighted by atomic mass is 9.98. The third-order valence-electron chi connectivity index (χ3n) is 2.66. The van der Waals surface area contributed by atoms with E-state index in [1.165, 1.54) is 0 Å². The van der Waals surface area contributed by atoms with Gasteiger partial charge in [-0.1, -0.05) is 0 Å². The Morgan fingerprint density at radius 2 is 2.43 bits per heavy atom. The fourth-order valence-corrected chi connectivity index (χ4v) is 1.94. The Bertz CT molecular complexity index is 245. The Labute approximate surface area is 84.1 Å². The molecule has 1 heterocycles. The predicted octanol–water partition coefficient (Wildman–Crippen LogP) is 0.662. The topological polar surface area (TPSA) is 64.3 Å². The highest BCUT2D eigenvalue weighted by molar-refractivity contribution is 5.78. The molecule has 1 amide bonds. The summed E-state index contributed by atoms with van der Waals surface area (Å²) < 4.78 is 0. The van der Waals surface area contributed by atoms with Gasteiger partial charge in [0, 0.05) is 6.54 Å². The van der Waals surface area contributed by atoms with Crippen molar-refractivity contribution in [3.63, 3.8) is 0 Å². The van der Waals surface area contributed by atoms with Gasteiger partial charge in [-0.25, -0.2) is 0 Å². The second kappa shape index (κ2) is 4.97. The Morgan fingerprint density at radius 3 is 3.00 bits per heavy atom. The molecule has 1 aliphatic rings. The van der Waals surface area contributed by atoms with Crippen LogP contribution < -0.4 is 0 Å². The number of rotatable bonds is 2. The minimum absolute atomic E-state index is 0.0801. The van der Waals surface area contributed by atoms with Crippen LogP contribution in [0, 0.1) is 11.3 Å². The van der Waals surface area contributed by atoms with Crippen molar-refractivity contribution in [2.24, 2.45) is 0 Å². The van der Waals surface area contributed by atoms with Gasteiger partial charge in [0.2, 0.25) is 5.91 Å². The second-order valence-corrected chi connectivity index (χ2v) is 3.73. The summed E-state index contributed by atoms with van der Waals surface area (Å²) in [6, 6.07) is 1.76. The van der Waals surface area contributed by atoms with Crippen LogP contribution in [-0.2, 0) is 4.79 Å². The Kier molecular flexibility index (Phi) is 3.90. The quantitative estimate of drug-likeness (QED) is 0.705. The summed E-state index contributed by atoms with van der Waals surface area (Å²) in [5.41, 5.74) is 0. The van der Waals surface area contributed by atoms with Gasteiger partial charge in [0.1, 0.15) is 6.42 Å². The molecule has 0 aromatic rings. The van der Waals surface area contributed by atoms with Crippen LogP contribution in [0.1, 0.15) is 32.6 Å². The minimum atomic E-state index is -0.502. The van der Waals surface area contributed by atoms with Crippen LogP contribution in [0.25, 0.3) is 0 Å². The van der Waals surface area contributed by atoms with Gasteiger partial charge in [-0.2, -0.15) is 5.26 Å². The number of likely N-dealkylation sites (tertiary alicyclic amines) is 1. The van der Waals surface area contributed by atoms with E-state index in [4.69, 9.17) is 5.26 Å². The number of aliphatic hydroxyl groups is 1. The molecular formula is C10H16N2O2. The number of nitrogens with zero attached hydrogens (tertiary/aromatic N) is 2. The van der Waals surface area contributed by atoms with Crippen molar-refractivity contribution in [3.8, 4) is 6.07 Å². The summed E-state index contributed by atoms with van der Waals surface area (Å²) in [7, 11) is 0. The molecule has 0 saturated carbocycles. The zero-order valence-electron chi connectivity index (χ0n) is 8.44. The fourth-order valence-electron chi connectivity index (χ4n) is 1.94. The highest BCUT2D eigenvalue weighted by Gasteiger charge is 2.29. The van der Waals surface area contributed by atoms with Crippen molar-refractivity contribution in [3.05, 3.63) is 0 Å². The van der Waals surface area contributed by atoms with Gasteiger partial charge in [0.05, 0.1) is 18.2 Å². The Hall–Kier alpha value is -1.08. The molecule has 0 aliphatic carbocycles. The highest BCUT2D eigenvalue weighted by Crippen LogP contribution is 2.20. The first-order chi connectivity index (χ1) is 6.66. The zero-order chi connectivity index (χ0) is 10.6. The summed E-state index contributed by atoms with van der Waals surface area (Å²) >= 11 is 0. The molecule has 0 radical (unpaired) electrons. The molecular weight excluding hydrogens is 180 g/mol. The van der Waals surface area contributed by atoms with Crippen molar-refractivity contribution < 1.29 is 9.90 Å². The first-order valence-electron chi connectivity index (χ1n) is 5.01. The lowest BCUT2D eigenvalue weighted by molar-refractivity contribution is -0.136. The lowest BCUT2D eigenvalue weighted by Crippen LogP contribution is -2.48. The molecule has 4 nitrogen and oxygen atoms in total. The number of nitriles is 1. The third kappa shape index (κ3) is 2.46. The zero-order valence-corrected chi connectivity index (χ0v) is 8.44. The van der Waals surface area contributed by atoms with E-state index in [-0.39, 0.29) is 18.4 Å². The molecule has 1 aliphatic heterocycles. The van der Waals surface area contributed by atoms with Crippen LogP contribution >= 0.6 is 0 Å². The van der Waals surface area contributed by atoms with Crippen LogP contribution in [0.2, 0.25) is 0 Å². The number of carbonyl (C=O) groups is 1. The maximum atomic E-state index is 11.5. The summed E-state index contributed by atoms with van der Waals surface area (Å²) in [6.07, 6.45) is 2.28. The molecule has 4 heteroatoms. The van der Waals surface area contributed by atoms with Crippen molar-refractivity contribution in [2.75, 3.05) is 6.54 Å². The first kappa shape index (κ1) is 11.0. The van der Waals surface area contributed by atoms with E-state index in [1.54, 1.807) is 11.8 Å². The van der Waals surface area contributed by atoms with E-state index < -0.39 is 6.10 Å². The standard InChI is InChI=1S/C10H16N2O2/c1-8(13)9-4-2-3-7-12(9)10(14)5-6-11/h8-9,13H,2-5,7H2,1H3/t8-,9-/m1/s1. The average molecular weight is 196 g/mol. The normalized spacial score (nSPS) is 24.1. The Morgan fingerprint density at radius 1 is 1.71 bits per heavy atom. The average Bonchev–Trinajstić information content (AvgIpc) is 2.18. The van der Waals surface area contributed by atoms with Gasteiger partial charge in [0.25, 0.3) is 0 Å². The molecule has 1 saturated heterocycles. The fraction of sp³-hybridized carbons (Fsp3) is 0.800. The van der Waals surface area contributed by atoms with Crippen LogP contribution in [0.4, 0.5) is 0 Å². The predicted molar refractivity (Wildman–Crippen MR) is 51.3 cm³/mol. The summed E-state index contributed by atoms with van der Waals surface area (Å²) in [4.78, 5) is 13.2. The number of hydrogen-bond acceptors (Lipinski definition) is 3. The van der Waals surface area contributed by atoms with E-state index in [2.05, 4.69) is 0 Å². The molecule has 0 unspecified atom stereocenters. The van der Waals surface area contributed by atoms with E-state index >= 15 is 0 Å². The van der Waals surface area contributed by atoms with Gasteiger partial charge in [-0.3, -0.25) is 4.79 Å². The van der Waals surface area contributed by atoms with Crippen LogP contribution in [0.3, 0.4) is 0 Å². The molecule has 78 valence electrons. The highest BCUT2D eigenvalue weighted by atomic mass is 16.3. The second-order valence-electron chi connectivity index (χ2n) is 3.73. The van der Waals surface area contributed by atoms with E-state index in [0.29, 0.717) is 6.54 Å². The minimum Gasteiger partial charge on any atom is -0.391 e. The maximum absolute atomic E-state index is 11.5. The molecule has 0 bridgehead atoms. The maximum Gasteiger partial charge on any atom is 0.237 e. The van der Waals surface area contributed by atoms with Crippen molar-refractivity contribution in [2.45, 2.75) is 44.8 Å². The molecule has 1 N–H and O–H groups in total. The number of amides is 1. The lowest BCUT2D eigenvalue weighted by Gasteiger charge is -2.37. The smallest absolute Gasteiger partial charge is 0.237 e. The largest absolute Gasteiger partial charge is 0.391 e. The number of piperidine rings is 1. The van der Waals surface area contributed by atoms with Crippen molar-refractivity contribution in [1.29, 1.82) is 5.26 Å². The summed E-state index contributed by atoms with van der Waals surface area (Å²) in [5, 5.41) is 17.9. The van der Waals surface area contributed by atoms with Crippen molar-refractivity contribution in [1.82, 2.24) is 4.90 Å². The molecule has 2 atom stereocenters. The van der Waals surface area contributed by atoms with Crippen LogP contribution in [0.15, 0.2) is 0 Å². The monoisotopic (exact) mass is 196 g/mol. The van der Waals surface area contributed by atoms with Crippen LogP contribution in [0.5, 0.6) is 0 Å². The van der Waals surface area contributed by atoms with E-state index in [9.17, 15) is 9.90 Å². The summed E-state index contributed by atoms with van der Waals surface area (Å²) in [6.45, 7) is 2.37. The molecule has 0 spiro atoms. The van der Waals surface area contributed by atoms with Gasteiger partial charge in [0.15, 0.2) is 0 Å². The molecule has 0 aromatic carbocycles. The van der Waals surface area contributed by atoms with Gasteiger partial charge in [-0.05, 0) is 26.2 Å². The van der Waals surface area contributed by atoms with E-state index in [1.807, 2.05) is 6.07 Å². The van der Waals surface area contributed by atoms with Crippen molar-refractivity contribution >= 4 is 5.91 Å². The number of hydrogen-bond donors (Lipinski definition) is 1. The summed E-state index contributed by atoms with van der Waals surface area (Å²) in [5.74, 6) is -0.155. The molecule has 1 rings (SSSR count). The third-order valence-corrected chi connectivity index (χ3v) is 2.66.